The molecule has 1 aliphatic carbocycles. The van der Waals surface area contributed by atoms with Gasteiger partial charge >= 0.3 is 0 Å². The Kier molecular flexibility index (Phi) is 6.02. The SMILES string of the molecule is CCc1ccc(C(COC)NS(=O)(=O)[C@@H]2CCC[C@H]2OC)o1. The predicted molar refractivity (Wildman–Crippen MR) is 83.2 cm³/mol. The molecule has 0 saturated heterocycles. The molecule has 0 aliphatic heterocycles. The second-order valence-corrected chi connectivity index (χ2v) is 7.50. The molecule has 22 heavy (non-hydrogen) atoms. The molecular weight excluding hydrogens is 306 g/mol. The summed E-state index contributed by atoms with van der Waals surface area (Å²) in [6.07, 6.45) is 2.77. The first-order valence-corrected chi connectivity index (χ1v) is 9.18. The molecule has 6 nitrogen and oxygen atoms in total. The van der Waals surface area contributed by atoms with Crippen molar-refractivity contribution in [3.63, 3.8) is 0 Å². The van der Waals surface area contributed by atoms with E-state index in [0.29, 0.717) is 12.2 Å². The third-order valence-electron chi connectivity index (χ3n) is 4.11. The molecule has 1 N–H and O–H groups in total. The number of rotatable bonds is 8. The molecule has 1 aromatic rings. The van der Waals surface area contributed by atoms with E-state index in [0.717, 1.165) is 25.0 Å². The Morgan fingerprint density at radius 3 is 2.73 bits per heavy atom. The summed E-state index contributed by atoms with van der Waals surface area (Å²) in [5, 5.41) is -0.516. The van der Waals surface area contributed by atoms with E-state index in [1.54, 1.807) is 20.3 Å². The Labute approximate surface area is 132 Å². The number of furan rings is 1. The molecule has 3 atom stereocenters. The van der Waals surface area contributed by atoms with Crippen molar-refractivity contribution in [2.75, 3.05) is 20.8 Å². The summed E-state index contributed by atoms with van der Waals surface area (Å²) in [4.78, 5) is 0. The lowest BCUT2D eigenvalue weighted by Gasteiger charge is -2.22. The number of ether oxygens (including phenoxy) is 2. The highest BCUT2D eigenvalue weighted by molar-refractivity contribution is 7.90. The molecule has 7 heteroatoms. The molecule has 0 aromatic carbocycles. The van der Waals surface area contributed by atoms with Crippen LogP contribution in [0.4, 0.5) is 0 Å². The first kappa shape index (κ1) is 17.5. The number of hydrogen-bond donors (Lipinski definition) is 1. The third kappa shape index (κ3) is 3.90. The Balaban J connectivity index is 2.15. The molecule has 2 rings (SSSR count). The third-order valence-corrected chi connectivity index (χ3v) is 6.06. The summed E-state index contributed by atoms with van der Waals surface area (Å²) in [6.45, 7) is 2.21. The molecule has 0 spiro atoms. The smallest absolute Gasteiger partial charge is 0.217 e. The molecule has 1 heterocycles. The Bertz CT molecular complexity index is 568. The molecule has 126 valence electrons. The number of sulfonamides is 1. The van der Waals surface area contributed by atoms with Crippen LogP contribution < -0.4 is 4.72 Å². The lowest BCUT2D eigenvalue weighted by atomic mass is 10.2. The van der Waals surface area contributed by atoms with E-state index >= 15 is 0 Å². The highest BCUT2D eigenvalue weighted by Crippen LogP contribution is 2.29. The second-order valence-electron chi connectivity index (χ2n) is 5.57. The minimum Gasteiger partial charge on any atom is -0.464 e. The van der Waals surface area contributed by atoms with E-state index < -0.39 is 21.3 Å². The molecule has 1 saturated carbocycles. The first-order valence-electron chi connectivity index (χ1n) is 7.63. The molecule has 0 amide bonds. The lowest BCUT2D eigenvalue weighted by Crippen LogP contribution is -2.42. The van der Waals surface area contributed by atoms with Gasteiger partial charge in [-0.15, -0.1) is 0 Å². The predicted octanol–water partition coefficient (Wildman–Crippen LogP) is 2.02. The molecule has 1 aromatic heterocycles. The van der Waals surface area contributed by atoms with Crippen LogP contribution in [0.5, 0.6) is 0 Å². The van der Waals surface area contributed by atoms with Crippen molar-refractivity contribution in [1.29, 1.82) is 0 Å². The van der Waals surface area contributed by atoms with Gasteiger partial charge in [0.1, 0.15) is 22.8 Å². The van der Waals surface area contributed by atoms with Crippen molar-refractivity contribution in [2.24, 2.45) is 0 Å². The van der Waals surface area contributed by atoms with Crippen molar-refractivity contribution >= 4 is 10.0 Å². The zero-order valence-corrected chi connectivity index (χ0v) is 14.2. The number of nitrogens with one attached hydrogen (secondary N) is 1. The maximum absolute atomic E-state index is 12.6. The maximum atomic E-state index is 12.6. The van der Waals surface area contributed by atoms with Crippen LogP contribution in [-0.4, -0.2) is 40.6 Å². The molecular formula is C15H25NO5S. The summed E-state index contributed by atoms with van der Waals surface area (Å²) < 4.78 is 44.1. The fraction of sp³-hybridized carbons (Fsp3) is 0.733. The van der Waals surface area contributed by atoms with Crippen LogP contribution in [0.25, 0.3) is 0 Å². The van der Waals surface area contributed by atoms with Crippen molar-refractivity contribution in [3.8, 4) is 0 Å². The van der Waals surface area contributed by atoms with Gasteiger partial charge in [-0.1, -0.05) is 6.92 Å². The van der Waals surface area contributed by atoms with Crippen LogP contribution in [0.1, 0.15) is 43.7 Å². The summed E-state index contributed by atoms with van der Waals surface area (Å²) in [5.41, 5.74) is 0. The zero-order chi connectivity index (χ0) is 16.2. The van der Waals surface area contributed by atoms with E-state index in [-0.39, 0.29) is 12.7 Å². The van der Waals surface area contributed by atoms with E-state index in [2.05, 4.69) is 4.72 Å². The monoisotopic (exact) mass is 331 g/mol. The van der Waals surface area contributed by atoms with E-state index in [1.165, 1.54) is 0 Å². The van der Waals surface area contributed by atoms with Gasteiger partial charge in [-0.3, -0.25) is 0 Å². The van der Waals surface area contributed by atoms with Gasteiger partial charge in [0.25, 0.3) is 0 Å². The largest absolute Gasteiger partial charge is 0.464 e. The van der Waals surface area contributed by atoms with Gasteiger partial charge in [0, 0.05) is 20.6 Å². The van der Waals surface area contributed by atoms with Gasteiger partial charge in [-0.25, -0.2) is 13.1 Å². The lowest BCUT2D eigenvalue weighted by molar-refractivity contribution is 0.110. The quantitative estimate of drug-likeness (QED) is 0.788. The highest BCUT2D eigenvalue weighted by Gasteiger charge is 2.39. The fourth-order valence-corrected chi connectivity index (χ4v) is 4.79. The van der Waals surface area contributed by atoms with Crippen LogP contribution in [0.3, 0.4) is 0 Å². The first-order chi connectivity index (χ1) is 10.5. The van der Waals surface area contributed by atoms with Gasteiger partial charge in [0.2, 0.25) is 10.0 Å². The van der Waals surface area contributed by atoms with Crippen LogP contribution in [0, 0.1) is 0 Å². The summed E-state index contributed by atoms with van der Waals surface area (Å²) >= 11 is 0. The molecule has 1 aliphatic rings. The molecule has 1 fully saturated rings. The zero-order valence-electron chi connectivity index (χ0n) is 13.4. The van der Waals surface area contributed by atoms with Crippen molar-refractivity contribution in [2.45, 2.75) is 50.0 Å². The Morgan fingerprint density at radius 2 is 2.14 bits per heavy atom. The fourth-order valence-electron chi connectivity index (χ4n) is 2.91. The van der Waals surface area contributed by atoms with Crippen molar-refractivity contribution in [1.82, 2.24) is 4.72 Å². The molecule has 1 unspecified atom stereocenters. The van der Waals surface area contributed by atoms with Gasteiger partial charge in [0.05, 0.1) is 12.7 Å². The molecule has 0 radical (unpaired) electrons. The summed E-state index contributed by atoms with van der Waals surface area (Å²) in [6, 6.07) is 3.14. The standard InChI is InChI=1S/C15H25NO5S/c1-4-11-8-9-13(21-11)12(10-19-2)16-22(17,18)15-7-5-6-14(15)20-3/h8-9,12,14-16H,4-7,10H2,1-3H3/t12?,14-,15-/m1/s1. The van der Waals surface area contributed by atoms with Gasteiger partial charge in [-0.2, -0.15) is 0 Å². The number of hydrogen-bond acceptors (Lipinski definition) is 5. The Hall–Kier alpha value is -0.890. The van der Waals surface area contributed by atoms with E-state index in [4.69, 9.17) is 13.9 Å². The normalized spacial score (nSPS) is 23.8. The molecule has 0 bridgehead atoms. The van der Waals surface area contributed by atoms with Gasteiger partial charge in [0.15, 0.2) is 0 Å². The summed E-state index contributed by atoms with van der Waals surface area (Å²) in [7, 11) is -0.402. The van der Waals surface area contributed by atoms with Crippen LogP contribution in [0.2, 0.25) is 0 Å². The number of methoxy groups -OCH3 is 2. The number of aryl methyl sites for hydroxylation is 1. The second kappa shape index (κ2) is 7.59. The summed E-state index contributed by atoms with van der Waals surface area (Å²) in [5.74, 6) is 1.40. The van der Waals surface area contributed by atoms with Gasteiger partial charge in [-0.05, 0) is 31.4 Å². The van der Waals surface area contributed by atoms with Crippen LogP contribution in [0.15, 0.2) is 16.5 Å². The van der Waals surface area contributed by atoms with Crippen LogP contribution in [-0.2, 0) is 25.9 Å². The van der Waals surface area contributed by atoms with Crippen LogP contribution >= 0.6 is 0 Å². The van der Waals surface area contributed by atoms with Crippen molar-refractivity contribution in [3.05, 3.63) is 23.7 Å². The van der Waals surface area contributed by atoms with Gasteiger partial charge < -0.3 is 13.9 Å². The Morgan fingerprint density at radius 1 is 1.36 bits per heavy atom. The van der Waals surface area contributed by atoms with E-state index in [1.807, 2.05) is 13.0 Å². The average Bonchev–Trinajstić information content (AvgIpc) is 3.15. The topological polar surface area (TPSA) is 77.8 Å². The average molecular weight is 331 g/mol. The minimum absolute atomic E-state index is 0.222. The van der Waals surface area contributed by atoms with Crippen molar-refractivity contribution < 1.29 is 22.3 Å². The maximum Gasteiger partial charge on any atom is 0.217 e. The minimum atomic E-state index is -3.50. The van der Waals surface area contributed by atoms with E-state index in [9.17, 15) is 8.42 Å². The highest BCUT2D eigenvalue weighted by atomic mass is 32.2.